The summed E-state index contributed by atoms with van der Waals surface area (Å²) in [5, 5.41) is 0. The molecule has 1 atom stereocenters. The molecule has 17 heavy (non-hydrogen) atoms. The molecule has 0 heterocycles. The summed E-state index contributed by atoms with van der Waals surface area (Å²) < 4.78 is 0. The quantitative estimate of drug-likeness (QED) is 0.802. The van der Waals surface area contributed by atoms with Gasteiger partial charge in [-0.1, -0.05) is 31.0 Å². The van der Waals surface area contributed by atoms with Crippen molar-refractivity contribution in [2.24, 2.45) is 11.7 Å². The van der Waals surface area contributed by atoms with Crippen LogP contribution in [0, 0.1) is 5.92 Å². The zero-order chi connectivity index (χ0) is 12.1. The highest BCUT2D eigenvalue weighted by molar-refractivity contribution is 7.99. The van der Waals surface area contributed by atoms with E-state index in [1.165, 1.54) is 41.9 Å². The maximum Gasteiger partial charge on any atom is 0.0105 e. The van der Waals surface area contributed by atoms with Gasteiger partial charge in [0.15, 0.2) is 0 Å². The van der Waals surface area contributed by atoms with Gasteiger partial charge in [-0.25, -0.2) is 0 Å². The van der Waals surface area contributed by atoms with Crippen LogP contribution in [0.3, 0.4) is 0 Å². The molecule has 0 saturated heterocycles. The molecule has 2 heteroatoms. The molecular formula is C15H23NS. The average molecular weight is 249 g/mol. The lowest BCUT2D eigenvalue weighted by molar-refractivity contribution is 0.623. The van der Waals surface area contributed by atoms with E-state index in [-0.39, 0.29) is 6.04 Å². The molecule has 1 saturated carbocycles. The fourth-order valence-corrected chi connectivity index (χ4v) is 3.80. The smallest absolute Gasteiger partial charge is 0.0105 e. The predicted octanol–water partition coefficient (Wildman–Crippen LogP) is 3.86. The molecule has 94 valence electrons. The molecule has 0 amide bonds. The molecule has 0 aromatic heterocycles. The molecular weight excluding hydrogens is 226 g/mol. The molecule has 1 unspecified atom stereocenters. The topological polar surface area (TPSA) is 26.0 Å². The minimum atomic E-state index is 0.253. The Kier molecular flexibility index (Phi) is 4.93. The zero-order valence-corrected chi connectivity index (χ0v) is 11.5. The third-order valence-corrected chi connectivity index (χ3v) is 4.81. The Morgan fingerprint density at radius 2 is 2.00 bits per heavy atom. The summed E-state index contributed by atoms with van der Waals surface area (Å²) in [6, 6.07) is 8.99. The summed E-state index contributed by atoms with van der Waals surface area (Å²) in [5.74, 6) is 2.24. The van der Waals surface area contributed by atoms with Crippen LogP contribution in [0.25, 0.3) is 0 Å². The van der Waals surface area contributed by atoms with E-state index in [1.54, 1.807) is 0 Å². The highest BCUT2D eigenvalue weighted by atomic mass is 32.2. The van der Waals surface area contributed by atoms with Crippen LogP contribution in [-0.2, 0) is 6.42 Å². The average Bonchev–Trinajstić information content (AvgIpc) is 2.80. The van der Waals surface area contributed by atoms with Gasteiger partial charge in [0.25, 0.3) is 0 Å². The van der Waals surface area contributed by atoms with E-state index in [1.807, 2.05) is 11.8 Å². The lowest BCUT2D eigenvalue weighted by atomic mass is 10.1. The van der Waals surface area contributed by atoms with Crippen LogP contribution in [0.4, 0.5) is 0 Å². The molecule has 0 bridgehead atoms. The molecule has 1 fully saturated rings. The van der Waals surface area contributed by atoms with Crippen LogP contribution in [0.15, 0.2) is 29.2 Å². The summed E-state index contributed by atoms with van der Waals surface area (Å²) in [4.78, 5) is 1.44. The lowest BCUT2D eigenvalue weighted by Gasteiger charge is -2.13. The molecule has 0 aliphatic heterocycles. The van der Waals surface area contributed by atoms with Crippen molar-refractivity contribution in [3.05, 3.63) is 29.8 Å². The first-order chi connectivity index (χ1) is 8.25. The molecule has 1 aliphatic carbocycles. The van der Waals surface area contributed by atoms with Gasteiger partial charge < -0.3 is 5.73 Å². The molecule has 0 spiro atoms. The summed E-state index contributed by atoms with van der Waals surface area (Å²) in [7, 11) is 0. The largest absolute Gasteiger partial charge is 0.328 e. The number of nitrogens with two attached hydrogens (primary N) is 1. The number of rotatable bonds is 5. The van der Waals surface area contributed by atoms with E-state index in [9.17, 15) is 0 Å². The third-order valence-electron chi connectivity index (χ3n) is 3.46. The predicted molar refractivity (Wildman–Crippen MR) is 76.5 cm³/mol. The van der Waals surface area contributed by atoms with Gasteiger partial charge in [0.1, 0.15) is 0 Å². The molecule has 1 nitrogen and oxygen atoms in total. The van der Waals surface area contributed by atoms with Crippen molar-refractivity contribution in [2.45, 2.75) is 50.0 Å². The van der Waals surface area contributed by atoms with Gasteiger partial charge in [-0.3, -0.25) is 0 Å². The molecule has 2 rings (SSSR count). The Morgan fingerprint density at radius 3 is 2.71 bits per heavy atom. The minimum absolute atomic E-state index is 0.253. The molecule has 0 radical (unpaired) electrons. The Balaban J connectivity index is 1.94. The zero-order valence-electron chi connectivity index (χ0n) is 10.7. The van der Waals surface area contributed by atoms with Gasteiger partial charge >= 0.3 is 0 Å². The fourth-order valence-electron chi connectivity index (χ4n) is 2.54. The maximum atomic E-state index is 5.90. The monoisotopic (exact) mass is 249 g/mol. The van der Waals surface area contributed by atoms with Crippen LogP contribution in [0.1, 0.15) is 38.2 Å². The maximum absolute atomic E-state index is 5.90. The van der Waals surface area contributed by atoms with Crippen molar-refractivity contribution >= 4 is 11.8 Å². The van der Waals surface area contributed by atoms with Crippen molar-refractivity contribution in [3.8, 4) is 0 Å². The molecule has 1 aromatic rings. The van der Waals surface area contributed by atoms with Crippen molar-refractivity contribution in [1.29, 1.82) is 0 Å². The summed E-state index contributed by atoms with van der Waals surface area (Å²) in [5.41, 5.74) is 7.32. The second-order valence-corrected chi connectivity index (χ2v) is 6.31. The van der Waals surface area contributed by atoms with Gasteiger partial charge in [0.2, 0.25) is 0 Å². The summed E-state index contributed by atoms with van der Waals surface area (Å²) in [6.45, 7) is 2.08. The van der Waals surface area contributed by atoms with E-state index >= 15 is 0 Å². The first-order valence-corrected chi connectivity index (χ1v) is 7.70. The number of hydrogen-bond acceptors (Lipinski definition) is 2. The van der Waals surface area contributed by atoms with E-state index < -0.39 is 0 Å². The van der Waals surface area contributed by atoms with Crippen LogP contribution in [-0.4, -0.2) is 11.8 Å². The number of thioether (sulfide) groups is 1. The van der Waals surface area contributed by atoms with Crippen molar-refractivity contribution in [1.82, 2.24) is 0 Å². The minimum Gasteiger partial charge on any atom is -0.328 e. The fraction of sp³-hybridized carbons (Fsp3) is 0.600. The second kappa shape index (κ2) is 6.46. The van der Waals surface area contributed by atoms with Crippen LogP contribution in [0.2, 0.25) is 0 Å². The Hall–Kier alpha value is -0.470. The van der Waals surface area contributed by atoms with Gasteiger partial charge in [0.05, 0.1) is 0 Å². The van der Waals surface area contributed by atoms with Gasteiger partial charge in [0, 0.05) is 16.7 Å². The highest BCUT2D eigenvalue weighted by Crippen LogP contribution is 2.32. The van der Waals surface area contributed by atoms with Crippen LogP contribution >= 0.6 is 11.8 Å². The third kappa shape index (κ3) is 4.04. The molecule has 1 aromatic carbocycles. The van der Waals surface area contributed by atoms with E-state index in [0.29, 0.717) is 0 Å². The van der Waals surface area contributed by atoms with Gasteiger partial charge in [-0.15, -0.1) is 11.8 Å². The number of hydrogen-bond donors (Lipinski definition) is 1. The van der Waals surface area contributed by atoms with Crippen LogP contribution < -0.4 is 5.73 Å². The van der Waals surface area contributed by atoms with Gasteiger partial charge in [-0.05, 0) is 43.7 Å². The van der Waals surface area contributed by atoms with Crippen molar-refractivity contribution in [2.75, 3.05) is 5.75 Å². The number of benzene rings is 1. The van der Waals surface area contributed by atoms with Crippen molar-refractivity contribution in [3.63, 3.8) is 0 Å². The first-order valence-electron chi connectivity index (χ1n) is 6.72. The van der Waals surface area contributed by atoms with Crippen molar-refractivity contribution < 1.29 is 0 Å². The molecule has 1 aliphatic rings. The Labute approximate surface area is 109 Å². The Morgan fingerprint density at radius 1 is 1.29 bits per heavy atom. The van der Waals surface area contributed by atoms with E-state index in [2.05, 4.69) is 31.2 Å². The Bertz CT molecular complexity index is 343. The summed E-state index contributed by atoms with van der Waals surface area (Å²) in [6.07, 6.45) is 6.73. The van der Waals surface area contributed by atoms with Gasteiger partial charge in [-0.2, -0.15) is 0 Å². The standard InChI is InChI=1S/C15H23NS/c1-12(16)10-14-8-4-5-9-15(14)17-11-13-6-2-3-7-13/h4-5,8-9,12-13H,2-3,6-7,10-11,16H2,1H3. The lowest BCUT2D eigenvalue weighted by Crippen LogP contribution is -2.18. The first kappa shape index (κ1) is 13.0. The normalized spacial score (nSPS) is 18.5. The highest BCUT2D eigenvalue weighted by Gasteiger charge is 2.15. The summed E-state index contributed by atoms with van der Waals surface area (Å²) >= 11 is 2.03. The molecule has 2 N–H and O–H groups in total. The van der Waals surface area contributed by atoms with Crippen LogP contribution in [0.5, 0.6) is 0 Å². The SMILES string of the molecule is CC(N)Cc1ccccc1SCC1CCCC1. The second-order valence-electron chi connectivity index (χ2n) is 5.25. The van der Waals surface area contributed by atoms with E-state index in [0.717, 1.165) is 12.3 Å². The van der Waals surface area contributed by atoms with E-state index in [4.69, 9.17) is 5.73 Å².